The number of ketones is 1. The zero-order chi connectivity index (χ0) is 12.5. The highest BCUT2D eigenvalue weighted by atomic mass is 16.5. The van der Waals surface area contributed by atoms with Crippen LogP contribution in [0.2, 0.25) is 0 Å². The highest BCUT2D eigenvalue weighted by Crippen LogP contribution is 2.38. The normalized spacial score (nSPS) is 29.2. The molecule has 0 aromatic carbocycles. The maximum atomic E-state index is 12.1. The summed E-state index contributed by atoms with van der Waals surface area (Å²) < 4.78 is 11.2. The first-order valence-corrected chi connectivity index (χ1v) is 6.41. The van der Waals surface area contributed by atoms with Gasteiger partial charge in [0.1, 0.15) is 5.60 Å². The zero-order valence-corrected chi connectivity index (χ0v) is 10.7. The van der Waals surface area contributed by atoms with Crippen LogP contribution in [0.1, 0.15) is 39.5 Å². The fraction of sp³-hybridized carbons (Fsp3) is 0.923. The summed E-state index contributed by atoms with van der Waals surface area (Å²) in [7, 11) is 0. The quantitative estimate of drug-likeness (QED) is 0.793. The number of hydrogen-bond acceptors (Lipinski definition) is 4. The van der Waals surface area contributed by atoms with E-state index in [1.165, 1.54) is 0 Å². The van der Waals surface area contributed by atoms with E-state index in [-0.39, 0.29) is 17.3 Å². The summed E-state index contributed by atoms with van der Waals surface area (Å²) in [6, 6.07) is 0. The molecular weight excluding hydrogens is 220 g/mol. The van der Waals surface area contributed by atoms with E-state index < -0.39 is 5.60 Å². The molecule has 0 bridgehead atoms. The van der Waals surface area contributed by atoms with Crippen molar-refractivity contribution in [3.63, 3.8) is 0 Å². The van der Waals surface area contributed by atoms with Crippen LogP contribution in [-0.4, -0.2) is 41.9 Å². The van der Waals surface area contributed by atoms with Gasteiger partial charge in [0.2, 0.25) is 0 Å². The Balaban J connectivity index is 2.04. The highest BCUT2D eigenvalue weighted by molar-refractivity contribution is 5.88. The summed E-state index contributed by atoms with van der Waals surface area (Å²) >= 11 is 0. The lowest BCUT2D eigenvalue weighted by molar-refractivity contribution is -0.165. The van der Waals surface area contributed by atoms with E-state index in [0.29, 0.717) is 19.8 Å². The number of carbonyl (C=O) groups excluding carboxylic acids is 1. The maximum absolute atomic E-state index is 12.1. The SMILES string of the molecule is CC(C)(O)C(=O)C1CCOC2(CCOCC2)C1. The fourth-order valence-corrected chi connectivity index (χ4v) is 2.84. The summed E-state index contributed by atoms with van der Waals surface area (Å²) in [4.78, 5) is 12.1. The Bertz CT molecular complexity index is 281. The van der Waals surface area contributed by atoms with E-state index in [2.05, 4.69) is 0 Å². The van der Waals surface area contributed by atoms with Crippen molar-refractivity contribution in [1.82, 2.24) is 0 Å². The van der Waals surface area contributed by atoms with Crippen LogP contribution in [0.3, 0.4) is 0 Å². The van der Waals surface area contributed by atoms with Crippen LogP contribution < -0.4 is 0 Å². The molecule has 0 aliphatic carbocycles. The molecule has 2 heterocycles. The second-order valence-electron chi connectivity index (χ2n) is 5.76. The maximum Gasteiger partial charge on any atom is 0.167 e. The standard InChI is InChI=1S/C13H22O4/c1-12(2,15)11(14)10-3-6-17-13(9-10)4-7-16-8-5-13/h10,15H,3-9H2,1-2H3. The van der Waals surface area contributed by atoms with E-state index in [9.17, 15) is 9.90 Å². The van der Waals surface area contributed by atoms with Crippen molar-refractivity contribution in [3.8, 4) is 0 Å². The Morgan fingerprint density at radius 1 is 1.29 bits per heavy atom. The van der Waals surface area contributed by atoms with E-state index in [4.69, 9.17) is 9.47 Å². The molecule has 98 valence electrons. The van der Waals surface area contributed by atoms with Crippen LogP contribution in [0.15, 0.2) is 0 Å². The Kier molecular flexibility index (Phi) is 3.57. The molecule has 0 amide bonds. The predicted octanol–water partition coefficient (Wildman–Crippen LogP) is 1.30. The molecule has 1 spiro atoms. The van der Waals surface area contributed by atoms with E-state index in [1.807, 2.05) is 0 Å². The number of rotatable bonds is 2. The van der Waals surface area contributed by atoms with Crippen molar-refractivity contribution < 1.29 is 19.4 Å². The van der Waals surface area contributed by atoms with Gasteiger partial charge in [-0.1, -0.05) is 0 Å². The van der Waals surface area contributed by atoms with Crippen LogP contribution in [0, 0.1) is 5.92 Å². The van der Waals surface area contributed by atoms with Crippen LogP contribution >= 0.6 is 0 Å². The first-order valence-electron chi connectivity index (χ1n) is 6.41. The molecule has 1 N–H and O–H groups in total. The van der Waals surface area contributed by atoms with Crippen molar-refractivity contribution in [2.45, 2.75) is 50.7 Å². The third-order valence-corrected chi connectivity index (χ3v) is 3.87. The molecule has 2 aliphatic rings. The van der Waals surface area contributed by atoms with Gasteiger partial charge in [-0.2, -0.15) is 0 Å². The molecule has 17 heavy (non-hydrogen) atoms. The van der Waals surface area contributed by atoms with E-state index in [1.54, 1.807) is 13.8 Å². The molecule has 4 heteroatoms. The molecule has 0 saturated carbocycles. The number of hydrogen-bond donors (Lipinski definition) is 1. The number of Topliss-reactive ketones (excluding diaryl/α,β-unsaturated/α-hetero) is 1. The van der Waals surface area contributed by atoms with Gasteiger partial charge in [0.15, 0.2) is 5.78 Å². The lowest BCUT2D eigenvalue weighted by atomic mass is 9.76. The van der Waals surface area contributed by atoms with Gasteiger partial charge >= 0.3 is 0 Å². The number of aliphatic hydroxyl groups is 1. The van der Waals surface area contributed by atoms with E-state index >= 15 is 0 Å². The minimum Gasteiger partial charge on any atom is -0.383 e. The number of carbonyl (C=O) groups is 1. The fourth-order valence-electron chi connectivity index (χ4n) is 2.84. The summed E-state index contributed by atoms with van der Waals surface area (Å²) in [6.45, 7) is 5.18. The van der Waals surface area contributed by atoms with Gasteiger partial charge in [0.25, 0.3) is 0 Å². The molecular formula is C13H22O4. The molecule has 2 fully saturated rings. The Morgan fingerprint density at radius 2 is 1.94 bits per heavy atom. The summed E-state index contributed by atoms with van der Waals surface area (Å²) in [5, 5.41) is 9.81. The van der Waals surface area contributed by atoms with Crippen molar-refractivity contribution in [2.24, 2.45) is 5.92 Å². The largest absolute Gasteiger partial charge is 0.383 e. The van der Waals surface area contributed by atoms with Gasteiger partial charge in [-0.3, -0.25) is 4.79 Å². The minimum absolute atomic E-state index is 0.0494. The molecule has 1 unspecified atom stereocenters. The van der Waals surface area contributed by atoms with Gasteiger partial charge in [-0.25, -0.2) is 0 Å². The smallest absolute Gasteiger partial charge is 0.167 e. The van der Waals surface area contributed by atoms with Crippen LogP contribution in [0.25, 0.3) is 0 Å². The van der Waals surface area contributed by atoms with Gasteiger partial charge in [-0.05, 0) is 39.5 Å². The number of ether oxygens (including phenoxy) is 2. The monoisotopic (exact) mass is 242 g/mol. The zero-order valence-electron chi connectivity index (χ0n) is 10.7. The average molecular weight is 242 g/mol. The average Bonchev–Trinajstić information content (AvgIpc) is 2.28. The predicted molar refractivity (Wildman–Crippen MR) is 62.8 cm³/mol. The third-order valence-electron chi connectivity index (χ3n) is 3.87. The van der Waals surface area contributed by atoms with Crippen molar-refractivity contribution in [2.75, 3.05) is 19.8 Å². The van der Waals surface area contributed by atoms with Gasteiger partial charge in [0.05, 0.1) is 5.60 Å². The molecule has 0 aromatic rings. The first-order chi connectivity index (χ1) is 7.93. The lowest BCUT2D eigenvalue weighted by Crippen LogP contribution is -2.49. The summed E-state index contributed by atoms with van der Waals surface area (Å²) in [5.74, 6) is -0.117. The molecule has 0 radical (unpaired) electrons. The molecule has 1 atom stereocenters. The molecule has 4 nitrogen and oxygen atoms in total. The Hall–Kier alpha value is -0.450. The van der Waals surface area contributed by atoms with Crippen molar-refractivity contribution in [3.05, 3.63) is 0 Å². The van der Waals surface area contributed by atoms with Crippen molar-refractivity contribution in [1.29, 1.82) is 0 Å². The highest BCUT2D eigenvalue weighted by Gasteiger charge is 2.43. The third kappa shape index (κ3) is 2.87. The van der Waals surface area contributed by atoms with Crippen LogP contribution in [-0.2, 0) is 14.3 Å². The molecule has 2 aliphatic heterocycles. The molecule has 2 rings (SSSR count). The van der Waals surface area contributed by atoms with E-state index in [0.717, 1.165) is 25.7 Å². The topological polar surface area (TPSA) is 55.8 Å². The van der Waals surface area contributed by atoms with Gasteiger partial charge in [-0.15, -0.1) is 0 Å². The van der Waals surface area contributed by atoms with Crippen LogP contribution in [0.5, 0.6) is 0 Å². The van der Waals surface area contributed by atoms with Crippen LogP contribution in [0.4, 0.5) is 0 Å². The first kappa shape index (κ1) is 13.0. The minimum atomic E-state index is -1.23. The Morgan fingerprint density at radius 3 is 2.53 bits per heavy atom. The van der Waals surface area contributed by atoms with Gasteiger partial charge < -0.3 is 14.6 Å². The summed E-state index contributed by atoms with van der Waals surface area (Å²) in [6.07, 6.45) is 3.19. The second kappa shape index (κ2) is 4.67. The van der Waals surface area contributed by atoms with Crippen molar-refractivity contribution >= 4 is 5.78 Å². The molecule has 2 saturated heterocycles. The van der Waals surface area contributed by atoms with Gasteiger partial charge in [0, 0.05) is 25.7 Å². The Labute approximate surface area is 102 Å². The molecule has 0 aromatic heterocycles. The second-order valence-corrected chi connectivity index (χ2v) is 5.76. The lowest BCUT2D eigenvalue weighted by Gasteiger charge is -2.43. The summed E-state index contributed by atoms with van der Waals surface area (Å²) in [5.41, 5.74) is -1.41.